The van der Waals surface area contributed by atoms with E-state index in [2.05, 4.69) is 15.6 Å². The first-order valence-corrected chi connectivity index (χ1v) is 6.30. The molecule has 1 amide bonds. The number of hydrogen-bond donors (Lipinski definition) is 3. The summed E-state index contributed by atoms with van der Waals surface area (Å²) in [5.74, 6) is 0.0579. The third-order valence-electron chi connectivity index (χ3n) is 2.83. The third kappa shape index (κ3) is 3.71. The van der Waals surface area contributed by atoms with E-state index in [1.165, 1.54) is 13.1 Å². The molecule has 0 bridgehead atoms. The van der Waals surface area contributed by atoms with E-state index in [1.807, 2.05) is 25.1 Å². The largest absolute Gasteiger partial charge is 0.506 e. The second-order valence-corrected chi connectivity index (χ2v) is 4.57. The van der Waals surface area contributed by atoms with Crippen LogP contribution >= 0.6 is 0 Å². The van der Waals surface area contributed by atoms with Gasteiger partial charge in [0, 0.05) is 18.3 Å². The maximum absolute atomic E-state index is 11.1. The average Bonchev–Trinajstić information content (AvgIpc) is 2.41. The van der Waals surface area contributed by atoms with Crippen LogP contribution in [-0.4, -0.2) is 16.0 Å². The van der Waals surface area contributed by atoms with Gasteiger partial charge in [-0.2, -0.15) is 0 Å². The van der Waals surface area contributed by atoms with Gasteiger partial charge >= 0.3 is 0 Å². The molecule has 0 unspecified atom stereocenters. The molecule has 5 heteroatoms. The summed E-state index contributed by atoms with van der Waals surface area (Å²) in [6.07, 6.45) is 1.41. The van der Waals surface area contributed by atoms with Crippen molar-refractivity contribution in [3.63, 3.8) is 0 Å². The highest BCUT2D eigenvalue weighted by Gasteiger charge is 2.02. The first-order valence-electron chi connectivity index (χ1n) is 6.30. The van der Waals surface area contributed by atoms with Crippen molar-refractivity contribution >= 4 is 17.3 Å². The molecule has 1 aromatic carbocycles. The van der Waals surface area contributed by atoms with E-state index < -0.39 is 0 Å². The van der Waals surface area contributed by atoms with Crippen LogP contribution in [0.25, 0.3) is 0 Å². The lowest BCUT2D eigenvalue weighted by Gasteiger charge is -2.11. The first-order chi connectivity index (χ1) is 9.54. The Labute approximate surface area is 117 Å². The average molecular weight is 271 g/mol. The second kappa shape index (κ2) is 6.06. The van der Waals surface area contributed by atoms with E-state index in [4.69, 9.17) is 5.11 Å². The molecule has 0 aliphatic rings. The minimum atomic E-state index is -0.0922. The lowest BCUT2D eigenvalue weighted by molar-refractivity contribution is -0.114. The zero-order chi connectivity index (χ0) is 14.5. The van der Waals surface area contributed by atoms with Crippen molar-refractivity contribution in [1.82, 2.24) is 4.98 Å². The van der Waals surface area contributed by atoms with Gasteiger partial charge < -0.3 is 15.7 Å². The van der Waals surface area contributed by atoms with Gasteiger partial charge in [0.05, 0.1) is 18.4 Å². The van der Waals surface area contributed by atoms with Crippen molar-refractivity contribution in [1.29, 1.82) is 0 Å². The molecule has 20 heavy (non-hydrogen) atoms. The number of carbonyl (C=O) groups is 1. The summed E-state index contributed by atoms with van der Waals surface area (Å²) in [6, 6.07) is 9.13. The number of nitrogens with one attached hydrogen (secondary N) is 2. The maximum atomic E-state index is 11.1. The SMILES string of the molecule is CC(=O)Nc1cc(NCc2ccc(O)cn2)ccc1C. The smallest absolute Gasteiger partial charge is 0.221 e. The van der Waals surface area contributed by atoms with E-state index in [9.17, 15) is 4.79 Å². The number of anilines is 2. The normalized spacial score (nSPS) is 10.1. The molecule has 1 heterocycles. The van der Waals surface area contributed by atoms with Crippen molar-refractivity contribution in [2.24, 2.45) is 0 Å². The number of benzene rings is 1. The molecule has 0 fully saturated rings. The highest BCUT2D eigenvalue weighted by atomic mass is 16.3. The fourth-order valence-corrected chi connectivity index (χ4v) is 1.77. The van der Waals surface area contributed by atoms with E-state index in [0.717, 1.165) is 22.6 Å². The first kappa shape index (κ1) is 13.9. The Morgan fingerprint density at radius 3 is 2.75 bits per heavy atom. The molecule has 0 aliphatic carbocycles. The Balaban J connectivity index is 2.06. The van der Waals surface area contributed by atoms with Crippen molar-refractivity contribution in [2.75, 3.05) is 10.6 Å². The van der Waals surface area contributed by atoms with Crippen LogP contribution in [0.15, 0.2) is 36.5 Å². The van der Waals surface area contributed by atoms with E-state index in [-0.39, 0.29) is 11.7 Å². The zero-order valence-electron chi connectivity index (χ0n) is 11.5. The van der Waals surface area contributed by atoms with Gasteiger partial charge in [-0.1, -0.05) is 6.07 Å². The predicted octanol–water partition coefficient (Wildman–Crippen LogP) is 2.67. The van der Waals surface area contributed by atoms with Crippen molar-refractivity contribution in [2.45, 2.75) is 20.4 Å². The molecule has 0 aliphatic heterocycles. The van der Waals surface area contributed by atoms with Crippen LogP contribution in [0.1, 0.15) is 18.2 Å². The number of carbonyl (C=O) groups excluding carboxylic acids is 1. The lowest BCUT2D eigenvalue weighted by atomic mass is 10.1. The number of hydrogen-bond acceptors (Lipinski definition) is 4. The molecule has 3 N–H and O–H groups in total. The maximum Gasteiger partial charge on any atom is 0.221 e. The van der Waals surface area contributed by atoms with Gasteiger partial charge in [-0.15, -0.1) is 0 Å². The predicted molar refractivity (Wildman–Crippen MR) is 78.7 cm³/mol. The Bertz CT molecular complexity index is 609. The topological polar surface area (TPSA) is 74.2 Å². The van der Waals surface area contributed by atoms with Crippen LogP contribution in [-0.2, 0) is 11.3 Å². The number of amides is 1. The van der Waals surface area contributed by atoms with E-state index in [1.54, 1.807) is 12.1 Å². The number of aromatic hydroxyl groups is 1. The molecule has 0 atom stereocenters. The fraction of sp³-hybridized carbons (Fsp3) is 0.200. The summed E-state index contributed by atoms with van der Waals surface area (Å²) < 4.78 is 0. The van der Waals surface area contributed by atoms with Crippen LogP contribution < -0.4 is 10.6 Å². The van der Waals surface area contributed by atoms with Gasteiger partial charge in [-0.25, -0.2) is 0 Å². The Kier molecular flexibility index (Phi) is 4.20. The van der Waals surface area contributed by atoms with Crippen molar-refractivity contribution in [3.8, 4) is 5.75 Å². The summed E-state index contributed by atoms with van der Waals surface area (Å²) in [6.45, 7) is 3.97. The minimum Gasteiger partial charge on any atom is -0.506 e. The van der Waals surface area contributed by atoms with Gasteiger partial charge in [0.15, 0.2) is 0 Å². The summed E-state index contributed by atoms with van der Waals surface area (Å²) in [4.78, 5) is 15.2. The molecule has 0 saturated heterocycles. The quantitative estimate of drug-likeness (QED) is 0.799. The molecular formula is C15H17N3O2. The Hall–Kier alpha value is -2.56. The highest BCUT2D eigenvalue weighted by Crippen LogP contribution is 2.20. The molecule has 5 nitrogen and oxygen atoms in total. The van der Waals surface area contributed by atoms with Gasteiger partial charge in [-0.3, -0.25) is 9.78 Å². The molecule has 0 radical (unpaired) electrons. The molecule has 2 rings (SSSR count). The number of rotatable bonds is 4. The highest BCUT2D eigenvalue weighted by molar-refractivity contribution is 5.90. The fourth-order valence-electron chi connectivity index (χ4n) is 1.77. The number of nitrogens with zero attached hydrogens (tertiary/aromatic N) is 1. The number of aryl methyl sites for hydroxylation is 1. The molecule has 104 valence electrons. The monoisotopic (exact) mass is 271 g/mol. The van der Waals surface area contributed by atoms with Gasteiger partial charge in [0.1, 0.15) is 5.75 Å². The van der Waals surface area contributed by atoms with Crippen LogP contribution in [0.5, 0.6) is 5.75 Å². The van der Waals surface area contributed by atoms with Gasteiger partial charge in [0.2, 0.25) is 5.91 Å². The van der Waals surface area contributed by atoms with Gasteiger partial charge in [0.25, 0.3) is 0 Å². The summed E-state index contributed by atoms with van der Waals surface area (Å²) in [5, 5.41) is 15.2. The molecular weight excluding hydrogens is 254 g/mol. The van der Waals surface area contributed by atoms with Crippen molar-refractivity contribution < 1.29 is 9.90 Å². The third-order valence-corrected chi connectivity index (χ3v) is 2.83. The van der Waals surface area contributed by atoms with Crippen LogP contribution in [0.3, 0.4) is 0 Å². The van der Waals surface area contributed by atoms with Crippen molar-refractivity contribution in [3.05, 3.63) is 47.8 Å². The number of aromatic nitrogens is 1. The minimum absolute atomic E-state index is 0.0922. The standard InChI is InChI=1S/C15H17N3O2/c1-10-3-4-12(7-15(10)18-11(2)19)16-8-13-5-6-14(20)9-17-13/h3-7,9,16,20H,8H2,1-2H3,(H,18,19). The van der Waals surface area contributed by atoms with Crippen LogP contribution in [0.2, 0.25) is 0 Å². The van der Waals surface area contributed by atoms with E-state index >= 15 is 0 Å². The summed E-state index contributed by atoms with van der Waals surface area (Å²) in [5.41, 5.74) is 3.52. The molecule has 1 aromatic heterocycles. The van der Waals surface area contributed by atoms with Crippen LogP contribution in [0.4, 0.5) is 11.4 Å². The van der Waals surface area contributed by atoms with Crippen LogP contribution in [0, 0.1) is 6.92 Å². The molecule has 0 spiro atoms. The summed E-state index contributed by atoms with van der Waals surface area (Å²) in [7, 11) is 0. The zero-order valence-corrected chi connectivity index (χ0v) is 11.5. The lowest BCUT2D eigenvalue weighted by Crippen LogP contribution is -2.08. The Morgan fingerprint density at radius 2 is 2.10 bits per heavy atom. The number of pyridine rings is 1. The Morgan fingerprint density at radius 1 is 1.30 bits per heavy atom. The summed E-state index contributed by atoms with van der Waals surface area (Å²) >= 11 is 0. The molecule has 2 aromatic rings. The van der Waals surface area contributed by atoms with Gasteiger partial charge in [-0.05, 0) is 36.8 Å². The van der Waals surface area contributed by atoms with E-state index in [0.29, 0.717) is 6.54 Å². The second-order valence-electron chi connectivity index (χ2n) is 4.57. The molecule has 0 saturated carbocycles.